The summed E-state index contributed by atoms with van der Waals surface area (Å²) in [6, 6.07) is 4.98. The molecule has 1 aromatic rings. The van der Waals surface area contributed by atoms with Crippen LogP contribution in [0.25, 0.3) is 0 Å². The minimum absolute atomic E-state index is 0.171. The Hall–Kier alpha value is -0.830. The molecule has 0 spiro atoms. The SMILES string of the molecule is C=C(Br)CN1CCc2ccc(F)cc21. The number of anilines is 1. The van der Waals surface area contributed by atoms with E-state index < -0.39 is 0 Å². The molecule has 0 aromatic heterocycles. The van der Waals surface area contributed by atoms with Crippen molar-refractivity contribution in [1.82, 2.24) is 0 Å². The molecule has 1 aliphatic heterocycles. The van der Waals surface area contributed by atoms with Gasteiger partial charge in [-0.15, -0.1) is 0 Å². The van der Waals surface area contributed by atoms with Crippen LogP contribution in [0, 0.1) is 5.82 Å². The summed E-state index contributed by atoms with van der Waals surface area (Å²) in [5.74, 6) is -0.171. The molecular formula is C11H11BrFN. The quantitative estimate of drug-likeness (QED) is 0.785. The predicted molar refractivity (Wildman–Crippen MR) is 60.4 cm³/mol. The van der Waals surface area contributed by atoms with Gasteiger partial charge in [0.2, 0.25) is 0 Å². The van der Waals surface area contributed by atoms with Crippen molar-refractivity contribution in [2.24, 2.45) is 0 Å². The van der Waals surface area contributed by atoms with Crippen molar-refractivity contribution < 1.29 is 4.39 Å². The highest BCUT2D eigenvalue weighted by molar-refractivity contribution is 9.11. The molecule has 0 unspecified atom stereocenters. The second-order valence-corrected chi connectivity index (χ2v) is 4.58. The molecule has 74 valence electrons. The van der Waals surface area contributed by atoms with Gasteiger partial charge >= 0.3 is 0 Å². The fraction of sp³-hybridized carbons (Fsp3) is 0.273. The highest BCUT2D eigenvalue weighted by Gasteiger charge is 2.19. The summed E-state index contributed by atoms with van der Waals surface area (Å²) in [6.07, 6.45) is 0.996. The van der Waals surface area contributed by atoms with Crippen LogP contribution in [0.5, 0.6) is 0 Å². The van der Waals surface area contributed by atoms with Crippen molar-refractivity contribution >= 4 is 21.6 Å². The van der Waals surface area contributed by atoms with Crippen LogP contribution in [0.1, 0.15) is 5.56 Å². The number of fused-ring (bicyclic) bond motifs is 1. The molecule has 2 rings (SSSR count). The zero-order valence-electron chi connectivity index (χ0n) is 7.76. The van der Waals surface area contributed by atoms with E-state index in [-0.39, 0.29) is 5.82 Å². The zero-order valence-corrected chi connectivity index (χ0v) is 9.35. The van der Waals surface area contributed by atoms with E-state index in [0.29, 0.717) is 0 Å². The Balaban J connectivity index is 2.28. The van der Waals surface area contributed by atoms with Gasteiger partial charge in [0.15, 0.2) is 0 Å². The summed E-state index contributed by atoms with van der Waals surface area (Å²) in [7, 11) is 0. The van der Waals surface area contributed by atoms with E-state index in [1.54, 1.807) is 6.07 Å². The van der Waals surface area contributed by atoms with Gasteiger partial charge in [-0.2, -0.15) is 0 Å². The Kier molecular flexibility index (Phi) is 2.59. The summed E-state index contributed by atoms with van der Waals surface area (Å²) < 4.78 is 13.9. The molecule has 1 heterocycles. The Morgan fingerprint density at radius 1 is 1.57 bits per heavy atom. The first kappa shape index (κ1) is 9.71. The molecule has 3 heteroatoms. The van der Waals surface area contributed by atoms with E-state index in [2.05, 4.69) is 27.4 Å². The molecule has 1 aliphatic rings. The van der Waals surface area contributed by atoms with Gasteiger partial charge in [0.25, 0.3) is 0 Å². The molecule has 14 heavy (non-hydrogen) atoms. The van der Waals surface area contributed by atoms with Gasteiger partial charge in [-0.25, -0.2) is 4.39 Å². The summed E-state index contributed by atoms with van der Waals surface area (Å²) >= 11 is 3.32. The summed E-state index contributed by atoms with van der Waals surface area (Å²) in [4.78, 5) is 2.13. The second kappa shape index (κ2) is 3.73. The van der Waals surface area contributed by atoms with E-state index in [0.717, 1.165) is 29.7 Å². The topological polar surface area (TPSA) is 3.24 Å². The smallest absolute Gasteiger partial charge is 0.125 e. The monoisotopic (exact) mass is 255 g/mol. The van der Waals surface area contributed by atoms with Crippen LogP contribution in [-0.2, 0) is 6.42 Å². The lowest BCUT2D eigenvalue weighted by molar-refractivity contribution is 0.627. The first-order chi connectivity index (χ1) is 6.66. The average Bonchev–Trinajstić information content (AvgIpc) is 2.47. The fourth-order valence-electron chi connectivity index (χ4n) is 1.79. The lowest BCUT2D eigenvalue weighted by Gasteiger charge is -2.18. The maximum absolute atomic E-state index is 13.0. The lowest BCUT2D eigenvalue weighted by Crippen LogP contribution is -2.21. The molecule has 1 nitrogen and oxygen atoms in total. The molecule has 0 saturated heterocycles. The number of rotatable bonds is 2. The summed E-state index contributed by atoms with van der Waals surface area (Å²) in [5.41, 5.74) is 2.23. The standard InChI is InChI=1S/C11H11BrFN/c1-8(12)7-14-5-4-9-2-3-10(13)6-11(9)14/h2-3,6H,1,4-5,7H2. The molecule has 0 aliphatic carbocycles. The van der Waals surface area contributed by atoms with Crippen molar-refractivity contribution in [3.8, 4) is 0 Å². The molecule has 0 atom stereocenters. The van der Waals surface area contributed by atoms with Gasteiger partial charge in [-0.3, -0.25) is 0 Å². The minimum atomic E-state index is -0.171. The van der Waals surface area contributed by atoms with Gasteiger partial charge in [0, 0.05) is 23.3 Å². The third-order valence-electron chi connectivity index (χ3n) is 2.40. The first-order valence-corrected chi connectivity index (χ1v) is 5.33. The first-order valence-electron chi connectivity index (χ1n) is 4.53. The van der Waals surface area contributed by atoms with Gasteiger partial charge < -0.3 is 4.90 Å². The average molecular weight is 256 g/mol. The molecule has 0 amide bonds. The molecule has 0 saturated carbocycles. The van der Waals surface area contributed by atoms with Gasteiger partial charge in [-0.1, -0.05) is 28.6 Å². The lowest BCUT2D eigenvalue weighted by atomic mass is 10.2. The van der Waals surface area contributed by atoms with Crippen LogP contribution in [-0.4, -0.2) is 13.1 Å². The largest absolute Gasteiger partial charge is 0.366 e. The van der Waals surface area contributed by atoms with Crippen molar-refractivity contribution in [2.45, 2.75) is 6.42 Å². The number of nitrogens with zero attached hydrogens (tertiary/aromatic N) is 1. The van der Waals surface area contributed by atoms with Crippen molar-refractivity contribution in [3.05, 3.63) is 40.6 Å². The highest BCUT2D eigenvalue weighted by atomic mass is 79.9. The summed E-state index contributed by atoms with van der Waals surface area (Å²) in [6.45, 7) is 5.49. The summed E-state index contributed by atoms with van der Waals surface area (Å²) in [5, 5.41) is 0. The Morgan fingerprint density at radius 3 is 3.07 bits per heavy atom. The van der Waals surface area contributed by atoms with E-state index in [4.69, 9.17) is 0 Å². The second-order valence-electron chi connectivity index (χ2n) is 3.46. The number of halogens is 2. The van der Waals surface area contributed by atoms with Crippen LogP contribution in [0.4, 0.5) is 10.1 Å². The molecular weight excluding hydrogens is 245 g/mol. The molecule has 0 fully saturated rings. The molecule has 0 N–H and O–H groups in total. The van der Waals surface area contributed by atoms with Crippen LogP contribution in [0.15, 0.2) is 29.3 Å². The zero-order chi connectivity index (χ0) is 10.1. The highest BCUT2D eigenvalue weighted by Crippen LogP contribution is 2.29. The third-order valence-corrected chi connectivity index (χ3v) is 2.65. The third kappa shape index (κ3) is 1.82. The Morgan fingerprint density at radius 2 is 2.36 bits per heavy atom. The van der Waals surface area contributed by atoms with Crippen molar-refractivity contribution in [1.29, 1.82) is 0 Å². The van der Waals surface area contributed by atoms with E-state index >= 15 is 0 Å². The molecule has 0 bridgehead atoms. The van der Waals surface area contributed by atoms with E-state index in [1.807, 2.05) is 6.07 Å². The van der Waals surface area contributed by atoms with Gasteiger partial charge in [-0.05, 0) is 24.1 Å². The van der Waals surface area contributed by atoms with E-state index in [1.165, 1.54) is 11.6 Å². The van der Waals surface area contributed by atoms with Gasteiger partial charge in [0.05, 0.1) is 0 Å². The molecule has 0 radical (unpaired) electrons. The van der Waals surface area contributed by atoms with Crippen LogP contribution >= 0.6 is 15.9 Å². The predicted octanol–water partition coefficient (Wildman–Crippen LogP) is 3.10. The fourth-order valence-corrected chi connectivity index (χ4v) is 2.09. The van der Waals surface area contributed by atoms with E-state index in [9.17, 15) is 4.39 Å². The maximum atomic E-state index is 13.0. The minimum Gasteiger partial charge on any atom is -0.366 e. The number of hydrogen-bond acceptors (Lipinski definition) is 1. The molecule has 1 aromatic carbocycles. The van der Waals surface area contributed by atoms with Crippen LogP contribution in [0.3, 0.4) is 0 Å². The van der Waals surface area contributed by atoms with Crippen molar-refractivity contribution in [2.75, 3.05) is 18.0 Å². The number of benzene rings is 1. The van der Waals surface area contributed by atoms with Crippen LogP contribution < -0.4 is 4.90 Å². The van der Waals surface area contributed by atoms with Gasteiger partial charge in [0.1, 0.15) is 5.82 Å². The normalized spacial score (nSPS) is 14.3. The van der Waals surface area contributed by atoms with Crippen molar-refractivity contribution in [3.63, 3.8) is 0 Å². The van der Waals surface area contributed by atoms with Crippen LogP contribution in [0.2, 0.25) is 0 Å². The number of hydrogen-bond donors (Lipinski definition) is 0. The Bertz CT molecular complexity index is 376. The maximum Gasteiger partial charge on any atom is 0.125 e. The Labute approximate surface area is 91.4 Å².